The third kappa shape index (κ3) is 3.72. The Morgan fingerprint density at radius 1 is 1.14 bits per heavy atom. The highest BCUT2D eigenvalue weighted by atomic mass is 16.4. The number of carboxylic acid groups (broad SMARTS) is 1. The normalized spacial score (nSPS) is 10.6. The van der Waals surface area contributed by atoms with Crippen LogP contribution in [-0.2, 0) is 0 Å². The van der Waals surface area contributed by atoms with Crippen LogP contribution in [0, 0.1) is 5.92 Å². The van der Waals surface area contributed by atoms with Crippen molar-refractivity contribution in [3.05, 3.63) is 42.0 Å². The fraction of sp³-hybridized carbons (Fsp3) is 0.250. The molecule has 0 saturated carbocycles. The van der Waals surface area contributed by atoms with Gasteiger partial charge in [-0.05, 0) is 28.8 Å². The van der Waals surface area contributed by atoms with E-state index in [1.165, 1.54) is 0 Å². The summed E-state index contributed by atoms with van der Waals surface area (Å²) in [6.45, 7) is 4.50. The lowest BCUT2D eigenvalue weighted by Gasteiger charge is -2.12. The molecule has 2 amide bonds. The maximum Gasteiger partial charge on any atom is 0.337 e. The van der Waals surface area contributed by atoms with Crippen LogP contribution in [0.4, 0.5) is 10.5 Å². The van der Waals surface area contributed by atoms with Crippen LogP contribution in [0.5, 0.6) is 0 Å². The molecule has 0 radical (unpaired) electrons. The van der Waals surface area contributed by atoms with Crippen molar-refractivity contribution in [2.45, 2.75) is 13.8 Å². The van der Waals surface area contributed by atoms with Crippen LogP contribution >= 0.6 is 0 Å². The molecule has 0 aliphatic rings. The summed E-state index contributed by atoms with van der Waals surface area (Å²) in [5, 5.41) is 16.3. The van der Waals surface area contributed by atoms with Crippen molar-refractivity contribution >= 4 is 28.5 Å². The Balaban J connectivity index is 2.30. The quantitative estimate of drug-likeness (QED) is 0.806. The molecule has 2 aromatic rings. The third-order valence-electron chi connectivity index (χ3n) is 3.04. The number of hydrogen-bond donors (Lipinski definition) is 3. The zero-order valence-corrected chi connectivity index (χ0v) is 12.0. The molecule has 3 N–H and O–H groups in total. The van der Waals surface area contributed by atoms with Crippen LogP contribution < -0.4 is 10.6 Å². The number of anilines is 1. The van der Waals surface area contributed by atoms with Gasteiger partial charge in [-0.15, -0.1) is 0 Å². The highest BCUT2D eigenvalue weighted by Crippen LogP contribution is 2.24. The van der Waals surface area contributed by atoms with Gasteiger partial charge in [0.2, 0.25) is 0 Å². The summed E-state index contributed by atoms with van der Waals surface area (Å²) in [5.41, 5.74) is 0.371. The molecule has 21 heavy (non-hydrogen) atoms. The standard InChI is InChI=1S/C16H18N2O3/c1-10(2)9-17-16(21)18-14-8-12-6-4-3-5-11(12)7-13(14)15(19)20/h3-8,10H,9H2,1-2H3,(H,19,20)(H2,17,18,21). The van der Waals surface area contributed by atoms with Crippen molar-refractivity contribution in [1.29, 1.82) is 0 Å². The van der Waals surface area contributed by atoms with Gasteiger partial charge in [-0.1, -0.05) is 38.1 Å². The number of fused-ring (bicyclic) bond motifs is 1. The molecule has 2 aromatic carbocycles. The van der Waals surface area contributed by atoms with E-state index < -0.39 is 12.0 Å². The monoisotopic (exact) mass is 286 g/mol. The van der Waals surface area contributed by atoms with Crippen molar-refractivity contribution in [2.24, 2.45) is 5.92 Å². The SMILES string of the molecule is CC(C)CNC(=O)Nc1cc2ccccc2cc1C(=O)O. The van der Waals surface area contributed by atoms with Crippen molar-refractivity contribution in [1.82, 2.24) is 5.32 Å². The number of amides is 2. The molecule has 0 spiro atoms. The molecule has 0 aliphatic carbocycles. The summed E-state index contributed by atoms with van der Waals surface area (Å²) in [7, 11) is 0. The lowest BCUT2D eigenvalue weighted by molar-refractivity contribution is 0.0698. The first kappa shape index (κ1) is 14.8. The molecular formula is C16H18N2O3. The first-order valence-corrected chi connectivity index (χ1v) is 6.78. The van der Waals surface area contributed by atoms with Crippen LogP contribution in [0.25, 0.3) is 10.8 Å². The number of carbonyl (C=O) groups is 2. The van der Waals surface area contributed by atoms with Gasteiger partial charge < -0.3 is 15.7 Å². The Morgan fingerprint density at radius 3 is 2.33 bits per heavy atom. The number of carbonyl (C=O) groups excluding carboxylic acids is 1. The molecule has 110 valence electrons. The van der Waals surface area contributed by atoms with Gasteiger partial charge in [0.1, 0.15) is 0 Å². The molecule has 0 bridgehead atoms. The Bertz CT molecular complexity index is 680. The number of rotatable bonds is 4. The van der Waals surface area contributed by atoms with E-state index in [0.717, 1.165) is 10.8 Å². The van der Waals surface area contributed by atoms with Crippen LogP contribution in [0.15, 0.2) is 36.4 Å². The molecular weight excluding hydrogens is 268 g/mol. The summed E-state index contributed by atoms with van der Waals surface area (Å²) < 4.78 is 0. The predicted octanol–water partition coefficient (Wildman–Crippen LogP) is 3.32. The van der Waals surface area contributed by atoms with Crippen LogP contribution in [0.3, 0.4) is 0 Å². The van der Waals surface area contributed by atoms with E-state index in [-0.39, 0.29) is 5.56 Å². The number of nitrogens with one attached hydrogen (secondary N) is 2. The van der Waals surface area contributed by atoms with Gasteiger partial charge in [0.25, 0.3) is 0 Å². The highest BCUT2D eigenvalue weighted by Gasteiger charge is 2.14. The van der Waals surface area contributed by atoms with E-state index >= 15 is 0 Å². The van der Waals surface area contributed by atoms with Gasteiger partial charge in [-0.3, -0.25) is 0 Å². The summed E-state index contributed by atoms with van der Waals surface area (Å²) in [4.78, 5) is 23.2. The maximum atomic E-state index is 11.8. The number of carboxylic acids is 1. The number of aromatic carboxylic acids is 1. The average Bonchev–Trinajstić information content (AvgIpc) is 2.44. The van der Waals surface area contributed by atoms with E-state index in [0.29, 0.717) is 18.2 Å². The minimum absolute atomic E-state index is 0.0772. The van der Waals surface area contributed by atoms with Gasteiger partial charge in [0.15, 0.2) is 0 Å². The van der Waals surface area contributed by atoms with Gasteiger partial charge >= 0.3 is 12.0 Å². The summed E-state index contributed by atoms with van der Waals surface area (Å²) in [6.07, 6.45) is 0. The molecule has 0 fully saturated rings. The predicted molar refractivity (Wildman–Crippen MR) is 82.8 cm³/mol. The number of hydrogen-bond acceptors (Lipinski definition) is 2. The lowest BCUT2D eigenvalue weighted by Crippen LogP contribution is -2.32. The van der Waals surface area contributed by atoms with Crippen molar-refractivity contribution in [2.75, 3.05) is 11.9 Å². The second-order valence-corrected chi connectivity index (χ2v) is 5.28. The minimum atomic E-state index is -1.07. The molecule has 0 saturated heterocycles. The summed E-state index contributed by atoms with van der Waals surface area (Å²) in [6, 6.07) is 10.3. The van der Waals surface area contributed by atoms with Crippen molar-refractivity contribution in [3.63, 3.8) is 0 Å². The number of urea groups is 1. The Kier molecular flexibility index (Phi) is 4.42. The molecule has 0 atom stereocenters. The highest BCUT2D eigenvalue weighted by molar-refractivity contribution is 6.04. The summed E-state index contributed by atoms with van der Waals surface area (Å²) in [5.74, 6) is -0.744. The number of benzene rings is 2. The first-order chi connectivity index (χ1) is 9.97. The lowest BCUT2D eigenvalue weighted by atomic mass is 10.0. The Morgan fingerprint density at radius 2 is 1.76 bits per heavy atom. The molecule has 0 aliphatic heterocycles. The van der Waals surface area contributed by atoms with Gasteiger partial charge in [0.05, 0.1) is 11.3 Å². The van der Waals surface area contributed by atoms with E-state index in [9.17, 15) is 14.7 Å². The fourth-order valence-corrected chi connectivity index (χ4v) is 1.98. The first-order valence-electron chi connectivity index (χ1n) is 6.78. The topological polar surface area (TPSA) is 78.4 Å². The van der Waals surface area contributed by atoms with E-state index in [4.69, 9.17) is 0 Å². The smallest absolute Gasteiger partial charge is 0.337 e. The van der Waals surface area contributed by atoms with Crippen molar-refractivity contribution < 1.29 is 14.7 Å². The Hall–Kier alpha value is -2.56. The van der Waals surface area contributed by atoms with Crippen LogP contribution in [-0.4, -0.2) is 23.7 Å². The fourth-order valence-electron chi connectivity index (χ4n) is 1.98. The Labute approximate surface area is 123 Å². The molecule has 5 nitrogen and oxygen atoms in total. The summed E-state index contributed by atoms with van der Waals surface area (Å²) >= 11 is 0. The minimum Gasteiger partial charge on any atom is -0.478 e. The maximum absolute atomic E-state index is 11.8. The average molecular weight is 286 g/mol. The molecule has 2 rings (SSSR count). The van der Waals surface area contributed by atoms with Gasteiger partial charge in [0, 0.05) is 6.54 Å². The van der Waals surface area contributed by atoms with E-state index in [1.807, 2.05) is 38.1 Å². The van der Waals surface area contributed by atoms with E-state index in [2.05, 4.69) is 10.6 Å². The third-order valence-corrected chi connectivity index (χ3v) is 3.04. The molecule has 5 heteroatoms. The zero-order valence-electron chi connectivity index (χ0n) is 12.0. The van der Waals surface area contributed by atoms with Crippen molar-refractivity contribution in [3.8, 4) is 0 Å². The van der Waals surface area contributed by atoms with Gasteiger partial charge in [-0.2, -0.15) is 0 Å². The molecule has 0 unspecified atom stereocenters. The second-order valence-electron chi connectivity index (χ2n) is 5.28. The zero-order chi connectivity index (χ0) is 15.4. The largest absolute Gasteiger partial charge is 0.478 e. The van der Waals surface area contributed by atoms with Crippen LogP contribution in [0.2, 0.25) is 0 Å². The van der Waals surface area contributed by atoms with Crippen LogP contribution in [0.1, 0.15) is 24.2 Å². The second kappa shape index (κ2) is 6.26. The van der Waals surface area contributed by atoms with E-state index in [1.54, 1.807) is 12.1 Å². The molecule has 0 heterocycles. The molecule has 0 aromatic heterocycles. The van der Waals surface area contributed by atoms with Gasteiger partial charge in [-0.25, -0.2) is 9.59 Å².